The predicted molar refractivity (Wildman–Crippen MR) is 54.3 cm³/mol. The number of aromatic nitrogens is 2. The summed E-state index contributed by atoms with van der Waals surface area (Å²) in [4.78, 5) is 4.13. The van der Waals surface area contributed by atoms with Gasteiger partial charge >= 0.3 is 0 Å². The van der Waals surface area contributed by atoms with Crippen LogP contribution >= 0.6 is 22.6 Å². The van der Waals surface area contributed by atoms with Gasteiger partial charge in [-0.05, 0) is 19.3 Å². The summed E-state index contributed by atoms with van der Waals surface area (Å²) in [6.45, 7) is 0.871. The Kier molecular flexibility index (Phi) is 3.15. The van der Waals surface area contributed by atoms with Gasteiger partial charge in [0.05, 0.1) is 12.5 Å². The van der Waals surface area contributed by atoms with Crippen LogP contribution in [-0.2, 0) is 11.2 Å². The highest BCUT2D eigenvalue weighted by atomic mass is 127. The number of hydrogen-bond acceptors (Lipinski definition) is 4. The van der Waals surface area contributed by atoms with Gasteiger partial charge in [0.25, 0.3) is 0 Å². The summed E-state index contributed by atoms with van der Waals surface area (Å²) in [6.07, 6.45) is 4.58. The standard InChI is InChI=1S/C8H11IN2O2/c9-8-10-7(13-11-8)5-6-3-1-2-4-12-6/h6H,1-5H2. The van der Waals surface area contributed by atoms with Crippen LogP contribution in [0.25, 0.3) is 0 Å². The summed E-state index contributed by atoms with van der Waals surface area (Å²) in [5, 5.41) is 3.73. The molecule has 2 heterocycles. The molecule has 1 fully saturated rings. The Morgan fingerprint density at radius 3 is 3.00 bits per heavy atom. The van der Waals surface area contributed by atoms with E-state index in [-0.39, 0.29) is 6.10 Å². The zero-order valence-corrected chi connectivity index (χ0v) is 9.36. The van der Waals surface area contributed by atoms with E-state index >= 15 is 0 Å². The van der Waals surface area contributed by atoms with Crippen LogP contribution in [0.15, 0.2) is 4.52 Å². The van der Waals surface area contributed by atoms with E-state index in [2.05, 4.69) is 10.1 Å². The second kappa shape index (κ2) is 4.36. The average molecular weight is 294 g/mol. The molecule has 0 aromatic carbocycles. The first-order chi connectivity index (χ1) is 6.34. The fourth-order valence-electron chi connectivity index (χ4n) is 1.48. The van der Waals surface area contributed by atoms with Gasteiger partial charge in [0.15, 0.2) is 0 Å². The molecule has 0 saturated carbocycles. The molecule has 0 amide bonds. The lowest BCUT2D eigenvalue weighted by molar-refractivity contribution is 0.0124. The molecule has 0 aliphatic carbocycles. The van der Waals surface area contributed by atoms with Gasteiger partial charge in [0, 0.05) is 29.2 Å². The summed E-state index contributed by atoms with van der Waals surface area (Å²) in [5.41, 5.74) is 0. The maximum Gasteiger partial charge on any atom is 0.232 e. The van der Waals surface area contributed by atoms with E-state index in [9.17, 15) is 0 Å². The molecule has 0 radical (unpaired) electrons. The Labute approximate surface area is 90.2 Å². The molecule has 13 heavy (non-hydrogen) atoms. The van der Waals surface area contributed by atoms with Gasteiger partial charge in [-0.2, -0.15) is 4.98 Å². The second-order valence-electron chi connectivity index (χ2n) is 3.15. The topological polar surface area (TPSA) is 48.2 Å². The highest BCUT2D eigenvalue weighted by Crippen LogP contribution is 2.16. The van der Waals surface area contributed by atoms with E-state index in [1.807, 2.05) is 22.6 Å². The summed E-state index contributed by atoms with van der Waals surface area (Å²) < 4.78 is 11.2. The maximum atomic E-state index is 5.56. The minimum atomic E-state index is 0.282. The highest BCUT2D eigenvalue weighted by Gasteiger charge is 2.17. The molecule has 1 atom stereocenters. The van der Waals surface area contributed by atoms with Gasteiger partial charge in [-0.3, -0.25) is 0 Å². The molecule has 1 aliphatic rings. The van der Waals surface area contributed by atoms with Crippen molar-refractivity contribution in [3.05, 3.63) is 9.72 Å². The van der Waals surface area contributed by atoms with E-state index in [0.717, 1.165) is 19.4 Å². The van der Waals surface area contributed by atoms with Crippen molar-refractivity contribution in [1.82, 2.24) is 10.1 Å². The van der Waals surface area contributed by atoms with Crippen molar-refractivity contribution in [2.45, 2.75) is 31.8 Å². The number of hydrogen-bond donors (Lipinski definition) is 0. The van der Waals surface area contributed by atoms with E-state index in [0.29, 0.717) is 9.72 Å². The van der Waals surface area contributed by atoms with Crippen molar-refractivity contribution in [2.75, 3.05) is 6.61 Å². The summed E-state index contributed by atoms with van der Waals surface area (Å²) in [7, 11) is 0. The van der Waals surface area contributed by atoms with Crippen LogP contribution < -0.4 is 0 Å². The van der Waals surface area contributed by atoms with Crippen LogP contribution in [0.4, 0.5) is 0 Å². The fraction of sp³-hybridized carbons (Fsp3) is 0.750. The number of rotatable bonds is 2. The minimum absolute atomic E-state index is 0.282. The van der Waals surface area contributed by atoms with Crippen LogP contribution in [0.2, 0.25) is 0 Å². The molecular formula is C8H11IN2O2. The Hall–Kier alpha value is -0.170. The van der Waals surface area contributed by atoms with E-state index < -0.39 is 0 Å². The lowest BCUT2D eigenvalue weighted by atomic mass is 10.1. The quantitative estimate of drug-likeness (QED) is 0.780. The molecule has 1 aliphatic heterocycles. The maximum absolute atomic E-state index is 5.56. The molecule has 1 unspecified atom stereocenters. The van der Waals surface area contributed by atoms with E-state index in [4.69, 9.17) is 9.26 Å². The number of halogens is 1. The number of ether oxygens (including phenoxy) is 1. The van der Waals surface area contributed by atoms with Crippen molar-refractivity contribution in [1.29, 1.82) is 0 Å². The van der Waals surface area contributed by atoms with E-state index in [1.165, 1.54) is 12.8 Å². The Balaban J connectivity index is 1.89. The molecule has 0 bridgehead atoms. The molecule has 0 N–H and O–H groups in total. The molecule has 2 rings (SSSR count). The van der Waals surface area contributed by atoms with E-state index in [1.54, 1.807) is 0 Å². The van der Waals surface area contributed by atoms with Gasteiger partial charge in [-0.1, -0.05) is 5.16 Å². The Morgan fingerprint density at radius 1 is 1.46 bits per heavy atom. The van der Waals surface area contributed by atoms with Crippen molar-refractivity contribution in [3.8, 4) is 0 Å². The Morgan fingerprint density at radius 2 is 2.38 bits per heavy atom. The van der Waals surface area contributed by atoms with Crippen LogP contribution in [0.5, 0.6) is 0 Å². The smallest absolute Gasteiger partial charge is 0.232 e. The lowest BCUT2D eigenvalue weighted by Gasteiger charge is -2.20. The van der Waals surface area contributed by atoms with Gasteiger partial charge in [-0.25, -0.2) is 0 Å². The normalized spacial score (nSPS) is 23.3. The molecule has 1 saturated heterocycles. The van der Waals surface area contributed by atoms with Gasteiger partial charge < -0.3 is 9.26 Å². The van der Waals surface area contributed by atoms with Crippen LogP contribution in [0.1, 0.15) is 25.2 Å². The van der Waals surface area contributed by atoms with Crippen molar-refractivity contribution >= 4 is 22.6 Å². The fourth-order valence-corrected chi connectivity index (χ4v) is 1.85. The zero-order chi connectivity index (χ0) is 9.10. The molecule has 1 aromatic heterocycles. The third kappa shape index (κ3) is 2.63. The minimum Gasteiger partial charge on any atom is -0.378 e. The first-order valence-electron chi connectivity index (χ1n) is 4.44. The second-order valence-corrected chi connectivity index (χ2v) is 4.11. The van der Waals surface area contributed by atoms with Crippen molar-refractivity contribution in [2.24, 2.45) is 0 Å². The van der Waals surface area contributed by atoms with Gasteiger partial charge in [-0.15, -0.1) is 0 Å². The summed E-state index contributed by atoms with van der Waals surface area (Å²) in [6, 6.07) is 0. The first-order valence-corrected chi connectivity index (χ1v) is 5.52. The average Bonchev–Trinajstić information content (AvgIpc) is 2.53. The van der Waals surface area contributed by atoms with Crippen LogP contribution in [-0.4, -0.2) is 22.9 Å². The molecular weight excluding hydrogens is 283 g/mol. The largest absolute Gasteiger partial charge is 0.378 e. The summed E-state index contributed by atoms with van der Waals surface area (Å²) >= 11 is 2.04. The molecule has 0 spiro atoms. The molecule has 4 nitrogen and oxygen atoms in total. The Bertz CT molecular complexity index is 271. The third-order valence-corrected chi connectivity index (χ3v) is 2.56. The van der Waals surface area contributed by atoms with Crippen LogP contribution in [0.3, 0.4) is 0 Å². The lowest BCUT2D eigenvalue weighted by Crippen LogP contribution is -2.21. The van der Waals surface area contributed by atoms with Crippen LogP contribution in [0, 0.1) is 3.83 Å². The molecule has 1 aromatic rings. The number of nitrogens with zero attached hydrogens (tertiary/aromatic N) is 2. The zero-order valence-electron chi connectivity index (χ0n) is 7.20. The first kappa shape index (κ1) is 9.39. The summed E-state index contributed by atoms with van der Waals surface area (Å²) in [5.74, 6) is 0.691. The molecule has 72 valence electrons. The highest BCUT2D eigenvalue weighted by molar-refractivity contribution is 14.1. The molecule has 5 heteroatoms. The van der Waals surface area contributed by atoms with Gasteiger partial charge in [0.1, 0.15) is 0 Å². The monoisotopic (exact) mass is 294 g/mol. The third-order valence-electron chi connectivity index (χ3n) is 2.12. The predicted octanol–water partition coefficient (Wildman–Crippen LogP) is 1.79. The SMILES string of the molecule is Ic1noc(CC2CCCCO2)n1. The van der Waals surface area contributed by atoms with Gasteiger partial charge in [0.2, 0.25) is 9.72 Å². The van der Waals surface area contributed by atoms with Crippen molar-refractivity contribution < 1.29 is 9.26 Å². The van der Waals surface area contributed by atoms with Crippen molar-refractivity contribution in [3.63, 3.8) is 0 Å².